The van der Waals surface area contributed by atoms with E-state index in [4.69, 9.17) is 0 Å². The van der Waals surface area contributed by atoms with Crippen molar-refractivity contribution in [3.8, 4) is 11.3 Å². The van der Waals surface area contributed by atoms with Crippen LogP contribution in [0.25, 0.3) is 11.3 Å². The largest absolute Gasteiger partial charge is 0.481 e. The Bertz CT molecular complexity index is 1240. The van der Waals surface area contributed by atoms with Crippen LogP contribution in [0, 0.1) is 0 Å². The first-order chi connectivity index (χ1) is 14.7. The van der Waals surface area contributed by atoms with Crippen molar-refractivity contribution in [2.24, 2.45) is 0 Å². The quantitative estimate of drug-likeness (QED) is 0.537. The number of aromatic amines is 1. The predicted molar refractivity (Wildman–Crippen MR) is 118 cm³/mol. The van der Waals surface area contributed by atoms with Crippen molar-refractivity contribution in [3.63, 3.8) is 0 Å². The van der Waals surface area contributed by atoms with E-state index >= 15 is 0 Å². The zero-order chi connectivity index (χ0) is 22.2. The second kappa shape index (κ2) is 8.20. The van der Waals surface area contributed by atoms with Crippen LogP contribution < -0.4 is 5.32 Å². The molecule has 2 aromatic carbocycles. The zero-order valence-electron chi connectivity index (χ0n) is 16.4. The molecule has 160 valence electrons. The van der Waals surface area contributed by atoms with Gasteiger partial charge < -0.3 is 10.4 Å². The first-order valence-corrected chi connectivity index (χ1v) is 12.2. The first kappa shape index (κ1) is 21.1. The van der Waals surface area contributed by atoms with E-state index in [2.05, 4.69) is 15.5 Å². The number of fused-ring (bicyclic) bond motifs is 1. The number of thioether (sulfide) groups is 1. The van der Waals surface area contributed by atoms with Gasteiger partial charge in [-0.25, -0.2) is 8.42 Å². The Labute approximate surface area is 183 Å². The number of hydrogen-bond donors (Lipinski definition) is 3. The van der Waals surface area contributed by atoms with Crippen LogP contribution in [-0.2, 0) is 19.4 Å². The summed E-state index contributed by atoms with van der Waals surface area (Å²) in [6.07, 6.45) is 0.790. The van der Waals surface area contributed by atoms with Gasteiger partial charge in [-0.3, -0.25) is 14.7 Å². The second-order valence-corrected chi connectivity index (χ2v) is 10.5. The van der Waals surface area contributed by atoms with E-state index in [0.717, 1.165) is 17.4 Å². The third kappa shape index (κ3) is 4.35. The monoisotopic (exact) mass is 457 g/mol. The summed E-state index contributed by atoms with van der Waals surface area (Å²) < 4.78 is 23.7. The lowest BCUT2D eigenvalue weighted by atomic mass is 10.00. The molecule has 8 nitrogen and oxygen atoms in total. The Kier molecular flexibility index (Phi) is 5.59. The Morgan fingerprint density at radius 1 is 1.13 bits per heavy atom. The maximum atomic E-state index is 12.7. The number of carboxylic acids is 1. The van der Waals surface area contributed by atoms with E-state index in [1.165, 1.54) is 23.9 Å². The number of rotatable bonds is 5. The Morgan fingerprint density at radius 3 is 2.42 bits per heavy atom. The van der Waals surface area contributed by atoms with Gasteiger partial charge in [0.1, 0.15) is 0 Å². The fourth-order valence-corrected chi connectivity index (χ4v) is 5.51. The number of aromatic nitrogens is 2. The van der Waals surface area contributed by atoms with Crippen LogP contribution in [0.15, 0.2) is 59.5 Å². The second-order valence-electron chi connectivity index (χ2n) is 7.16. The lowest BCUT2D eigenvalue weighted by molar-refractivity contribution is -0.138. The molecule has 0 radical (unpaired) electrons. The van der Waals surface area contributed by atoms with E-state index in [1.807, 2.05) is 30.3 Å². The lowest BCUT2D eigenvalue weighted by Gasteiger charge is -2.20. The molecule has 0 spiro atoms. The molecule has 0 bridgehead atoms. The van der Waals surface area contributed by atoms with E-state index in [1.54, 1.807) is 12.1 Å². The smallest absolute Gasteiger partial charge is 0.305 e. The van der Waals surface area contributed by atoms with Crippen molar-refractivity contribution in [1.29, 1.82) is 0 Å². The highest BCUT2D eigenvalue weighted by molar-refractivity contribution is 8.01. The maximum absolute atomic E-state index is 12.7. The number of nitrogens with one attached hydrogen (secondary N) is 2. The van der Waals surface area contributed by atoms with Gasteiger partial charge in [0.15, 0.2) is 15.7 Å². The number of aliphatic carboxylic acids is 1. The van der Waals surface area contributed by atoms with E-state index < -0.39 is 32.2 Å². The van der Waals surface area contributed by atoms with Gasteiger partial charge in [0.2, 0.25) is 5.91 Å². The van der Waals surface area contributed by atoms with Crippen LogP contribution in [0.2, 0.25) is 0 Å². The van der Waals surface area contributed by atoms with Crippen molar-refractivity contribution in [2.75, 3.05) is 11.6 Å². The average molecular weight is 458 g/mol. The number of sulfone groups is 1. The molecule has 31 heavy (non-hydrogen) atoms. The summed E-state index contributed by atoms with van der Waals surface area (Å²) in [5.41, 5.74) is 3.02. The van der Waals surface area contributed by atoms with Gasteiger partial charge in [0.05, 0.1) is 27.5 Å². The highest BCUT2D eigenvalue weighted by Crippen LogP contribution is 2.47. The van der Waals surface area contributed by atoms with Gasteiger partial charge >= 0.3 is 5.97 Å². The molecule has 0 saturated carbocycles. The van der Waals surface area contributed by atoms with Crippen LogP contribution in [0.3, 0.4) is 0 Å². The minimum absolute atomic E-state index is 0.182. The third-order valence-corrected chi connectivity index (χ3v) is 7.55. The minimum atomic E-state index is -3.36. The number of carbonyl (C=O) groups is 2. The minimum Gasteiger partial charge on any atom is -0.481 e. The van der Waals surface area contributed by atoms with Crippen LogP contribution in [0.4, 0.5) is 5.82 Å². The zero-order valence-corrected chi connectivity index (χ0v) is 18.0. The summed E-state index contributed by atoms with van der Waals surface area (Å²) in [5, 5.41) is 18.0. The molecule has 1 aliphatic heterocycles. The molecular formula is C21H19N3O5S2. The molecule has 1 aromatic heterocycles. The van der Waals surface area contributed by atoms with Crippen molar-refractivity contribution < 1.29 is 23.1 Å². The average Bonchev–Trinajstić information content (AvgIpc) is 3.08. The summed E-state index contributed by atoms with van der Waals surface area (Å²) in [6, 6.07) is 15.9. The van der Waals surface area contributed by atoms with E-state index in [0.29, 0.717) is 17.1 Å². The number of anilines is 1. The molecular weight excluding hydrogens is 438 g/mol. The number of amides is 1. The normalized spacial score (nSPS) is 18.7. The Morgan fingerprint density at radius 2 is 1.81 bits per heavy atom. The van der Waals surface area contributed by atoms with Crippen molar-refractivity contribution in [3.05, 3.63) is 65.7 Å². The van der Waals surface area contributed by atoms with Crippen LogP contribution >= 0.6 is 11.8 Å². The van der Waals surface area contributed by atoms with Gasteiger partial charge in [-0.05, 0) is 23.3 Å². The fraction of sp³-hybridized carbons (Fsp3) is 0.190. The molecule has 2 heterocycles. The van der Waals surface area contributed by atoms with Crippen LogP contribution in [0.1, 0.15) is 22.8 Å². The van der Waals surface area contributed by atoms with Crippen molar-refractivity contribution in [2.45, 2.75) is 21.8 Å². The molecule has 0 saturated heterocycles. The standard InChI is InChI=1S/C21H19N3O5S2/c1-31(28,29)14-9-7-13(8-10-14)19-17-18(12-5-3-2-4-6-12)23-24-20(17)22-21(27)15(30-19)11-16(25)26/h2-10,15,19H,11H2,1H3,(H,25,26)(H2,22,23,24,27). The van der Waals surface area contributed by atoms with Crippen molar-refractivity contribution in [1.82, 2.24) is 10.2 Å². The third-order valence-electron chi connectivity index (χ3n) is 4.93. The summed E-state index contributed by atoms with van der Waals surface area (Å²) in [4.78, 5) is 24.2. The molecule has 1 amide bonds. The van der Waals surface area contributed by atoms with Gasteiger partial charge in [0.25, 0.3) is 0 Å². The first-order valence-electron chi connectivity index (χ1n) is 9.36. The number of carbonyl (C=O) groups excluding carboxylic acids is 1. The molecule has 1 aliphatic rings. The predicted octanol–water partition coefficient (Wildman–Crippen LogP) is 3.10. The topological polar surface area (TPSA) is 129 Å². The van der Waals surface area contributed by atoms with Gasteiger partial charge in [-0.15, -0.1) is 11.8 Å². The van der Waals surface area contributed by atoms with Gasteiger partial charge in [-0.2, -0.15) is 5.10 Å². The van der Waals surface area contributed by atoms with E-state index in [9.17, 15) is 23.1 Å². The molecule has 0 aliphatic carbocycles. The molecule has 4 rings (SSSR count). The number of carboxylic acid groups (broad SMARTS) is 1. The molecule has 2 unspecified atom stereocenters. The fourth-order valence-electron chi connectivity index (χ4n) is 3.45. The Balaban J connectivity index is 1.85. The summed E-state index contributed by atoms with van der Waals surface area (Å²) in [5.74, 6) is -1.18. The molecule has 3 aromatic rings. The number of benzene rings is 2. The highest BCUT2D eigenvalue weighted by Gasteiger charge is 2.36. The molecule has 2 atom stereocenters. The lowest BCUT2D eigenvalue weighted by Crippen LogP contribution is -2.26. The SMILES string of the molecule is CS(=O)(=O)c1ccc(C2SC(CC(=O)O)C(=O)Nc3n[nH]c(-c4ccccc4)c32)cc1. The van der Waals surface area contributed by atoms with Crippen molar-refractivity contribution >= 4 is 39.3 Å². The maximum Gasteiger partial charge on any atom is 0.305 e. The molecule has 0 fully saturated rings. The summed E-state index contributed by atoms with van der Waals surface area (Å²) in [6.45, 7) is 0. The van der Waals surface area contributed by atoms with Gasteiger partial charge in [-0.1, -0.05) is 42.5 Å². The Hall–Kier alpha value is -3.11. The summed E-state index contributed by atoms with van der Waals surface area (Å²) in [7, 11) is -3.36. The van der Waals surface area contributed by atoms with Crippen LogP contribution in [-0.4, -0.2) is 47.1 Å². The summed E-state index contributed by atoms with van der Waals surface area (Å²) >= 11 is 1.21. The van der Waals surface area contributed by atoms with Gasteiger partial charge in [0, 0.05) is 11.8 Å². The molecule has 10 heteroatoms. The molecule has 3 N–H and O–H groups in total. The number of H-pyrrole nitrogens is 1. The highest BCUT2D eigenvalue weighted by atomic mass is 32.2. The van der Waals surface area contributed by atoms with E-state index in [-0.39, 0.29) is 11.3 Å². The number of hydrogen-bond acceptors (Lipinski definition) is 6. The number of nitrogens with zero attached hydrogens (tertiary/aromatic N) is 1. The van der Waals surface area contributed by atoms with Crippen LogP contribution in [0.5, 0.6) is 0 Å².